The van der Waals surface area contributed by atoms with Crippen molar-refractivity contribution in [3.63, 3.8) is 0 Å². The molecule has 0 amide bonds. The van der Waals surface area contributed by atoms with Crippen LogP contribution in [0, 0.1) is 0 Å². The van der Waals surface area contributed by atoms with Crippen LogP contribution in [0.4, 0.5) is 0 Å². The van der Waals surface area contributed by atoms with E-state index >= 15 is 0 Å². The Balaban J connectivity index is 1.37. The average Bonchev–Trinajstić information content (AvgIpc) is 3.20. The summed E-state index contributed by atoms with van der Waals surface area (Å²) in [4.78, 5) is 3.33. The van der Waals surface area contributed by atoms with Crippen molar-refractivity contribution in [1.82, 2.24) is 10.3 Å². The SMILES string of the molecule is COc1cc(CNCCc2c[nH]c3ccccc23)cc(Br)c1OCc1ccc(Cl)cc1Cl. The van der Waals surface area contributed by atoms with Gasteiger partial charge in [0.2, 0.25) is 0 Å². The number of aromatic amines is 1. The number of aromatic nitrogens is 1. The zero-order chi connectivity index (χ0) is 22.5. The minimum absolute atomic E-state index is 0.313. The Morgan fingerprint density at radius 1 is 1.03 bits per heavy atom. The second-order valence-electron chi connectivity index (χ2n) is 7.42. The van der Waals surface area contributed by atoms with E-state index < -0.39 is 0 Å². The summed E-state index contributed by atoms with van der Waals surface area (Å²) in [6, 6.07) is 17.8. The van der Waals surface area contributed by atoms with Gasteiger partial charge in [0, 0.05) is 39.3 Å². The molecule has 166 valence electrons. The van der Waals surface area contributed by atoms with Crippen LogP contribution in [0.2, 0.25) is 10.0 Å². The van der Waals surface area contributed by atoms with Gasteiger partial charge in [0.05, 0.1) is 11.6 Å². The van der Waals surface area contributed by atoms with E-state index in [2.05, 4.69) is 50.6 Å². The fourth-order valence-electron chi connectivity index (χ4n) is 3.60. The highest BCUT2D eigenvalue weighted by atomic mass is 79.9. The maximum absolute atomic E-state index is 6.26. The van der Waals surface area contributed by atoms with E-state index in [1.165, 1.54) is 16.5 Å². The lowest BCUT2D eigenvalue weighted by Gasteiger charge is -2.15. The predicted octanol–water partition coefficient (Wildman–Crippen LogP) is 7.16. The van der Waals surface area contributed by atoms with Gasteiger partial charge in [0.1, 0.15) is 6.61 Å². The van der Waals surface area contributed by atoms with Crippen LogP contribution in [0.3, 0.4) is 0 Å². The van der Waals surface area contributed by atoms with Gasteiger partial charge in [0.25, 0.3) is 0 Å². The molecule has 2 N–H and O–H groups in total. The Kier molecular flexibility index (Phi) is 7.63. The third-order valence-electron chi connectivity index (χ3n) is 5.25. The number of hydrogen-bond donors (Lipinski definition) is 2. The van der Waals surface area contributed by atoms with Gasteiger partial charge in [-0.05, 0) is 70.4 Å². The summed E-state index contributed by atoms with van der Waals surface area (Å²) in [6.07, 6.45) is 3.04. The van der Waals surface area contributed by atoms with Gasteiger partial charge in [-0.2, -0.15) is 0 Å². The van der Waals surface area contributed by atoms with Crippen LogP contribution in [0.5, 0.6) is 11.5 Å². The Hall–Kier alpha value is -2.18. The van der Waals surface area contributed by atoms with Gasteiger partial charge in [-0.15, -0.1) is 0 Å². The van der Waals surface area contributed by atoms with Crippen LogP contribution in [0.1, 0.15) is 16.7 Å². The number of methoxy groups -OCH3 is 1. The van der Waals surface area contributed by atoms with Crippen molar-refractivity contribution in [2.75, 3.05) is 13.7 Å². The van der Waals surface area contributed by atoms with Gasteiger partial charge >= 0.3 is 0 Å². The molecule has 0 unspecified atom stereocenters. The van der Waals surface area contributed by atoms with E-state index in [0.29, 0.717) is 28.2 Å². The van der Waals surface area contributed by atoms with Crippen LogP contribution in [-0.2, 0) is 19.6 Å². The van der Waals surface area contributed by atoms with E-state index in [4.69, 9.17) is 32.7 Å². The summed E-state index contributed by atoms with van der Waals surface area (Å²) < 4.78 is 12.4. The molecule has 0 bridgehead atoms. The molecule has 32 heavy (non-hydrogen) atoms. The smallest absolute Gasteiger partial charge is 0.175 e. The van der Waals surface area contributed by atoms with Crippen molar-refractivity contribution < 1.29 is 9.47 Å². The van der Waals surface area contributed by atoms with Crippen molar-refractivity contribution >= 4 is 50.0 Å². The molecular formula is C25H23BrCl2N2O2. The zero-order valence-corrected chi connectivity index (χ0v) is 20.7. The Bertz CT molecular complexity index is 1230. The van der Waals surface area contributed by atoms with Crippen molar-refractivity contribution in [3.05, 3.63) is 92.0 Å². The fourth-order valence-corrected chi connectivity index (χ4v) is 4.67. The molecule has 3 aromatic carbocycles. The average molecular weight is 534 g/mol. The number of para-hydroxylation sites is 1. The first-order valence-corrected chi connectivity index (χ1v) is 11.8. The quantitative estimate of drug-likeness (QED) is 0.224. The molecule has 7 heteroatoms. The molecule has 0 saturated carbocycles. The molecule has 1 heterocycles. The number of ether oxygens (including phenoxy) is 2. The summed E-state index contributed by atoms with van der Waals surface area (Å²) in [7, 11) is 1.64. The summed E-state index contributed by atoms with van der Waals surface area (Å²) >= 11 is 15.8. The van der Waals surface area contributed by atoms with Gasteiger partial charge in [0.15, 0.2) is 11.5 Å². The van der Waals surface area contributed by atoms with E-state index in [1.807, 2.05) is 24.3 Å². The Morgan fingerprint density at radius 2 is 1.88 bits per heavy atom. The summed E-state index contributed by atoms with van der Waals surface area (Å²) in [5, 5.41) is 5.96. The van der Waals surface area contributed by atoms with Crippen LogP contribution in [0.25, 0.3) is 10.9 Å². The lowest BCUT2D eigenvalue weighted by atomic mass is 10.1. The molecule has 4 aromatic rings. The van der Waals surface area contributed by atoms with E-state index in [0.717, 1.165) is 35.1 Å². The molecule has 0 spiro atoms. The van der Waals surface area contributed by atoms with Gasteiger partial charge in [-0.1, -0.05) is 47.5 Å². The Morgan fingerprint density at radius 3 is 2.69 bits per heavy atom. The highest BCUT2D eigenvalue weighted by Crippen LogP contribution is 2.37. The fraction of sp³-hybridized carbons (Fsp3) is 0.200. The predicted molar refractivity (Wildman–Crippen MR) is 135 cm³/mol. The third-order valence-corrected chi connectivity index (χ3v) is 6.43. The van der Waals surface area contributed by atoms with Crippen LogP contribution < -0.4 is 14.8 Å². The molecular weight excluding hydrogens is 511 g/mol. The topological polar surface area (TPSA) is 46.3 Å². The maximum atomic E-state index is 6.26. The van der Waals surface area contributed by atoms with Crippen molar-refractivity contribution in [1.29, 1.82) is 0 Å². The minimum Gasteiger partial charge on any atom is -0.493 e. The molecule has 4 nitrogen and oxygen atoms in total. The van der Waals surface area contributed by atoms with Crippen molar-refractivity contribution in [2.24, 2.45) is 0 Å². The zero-order valence-electron chi connectivity index (χ0n) is 17.6. The molecule has 0 atom stereocenters. The van der Waals surface area contributed by atoms with E-state index in [9.17, 15) is 0 Å². The van der Waals surface area contributed by atoms with Gasteiger partial charge < -0.3 is 19.8 Å². The molecule has 0 fully saturated rings. The highest BCUT2D eigenvalue weighted by Gasteiger charge is 2.13. The van der Waals surface area contributed by atoms with Crippen molar-refractivity contribution in [2.45, 2.75) is 19.6 Å². The number of halogens is 3. The van der Waals surface area contributed by atoms with Crippen LogP contribution in [-0.4, -0.2) is 18.6 Å². The third kappa shape index (κ3) is 5.41. The Labute approximate surface area is 206 Å². The number of nitrogens with one attached hydrogen (secondary N) is 2. The van der Waals surface area contributed by atoms with Crippen LogP contribution >= 0.6 is 39.1 Å². The molecule has 0 aliphatic heterocycles. The van der Waals surface area contributed by atoms with Crippen LogP contribution in [0.15, 0.2) is 65.3 Å². The van der Waals surface area contributed by atoms with Gasteiger partial charge in [-0.3, -0.25) is 0 Å². The molecule has 0 aliphatic carbocycles. The number of rotatable bonds is 9. The number of hydrogen-bond acceptors (Lipinski definition) is 3. The normalized spacial score (nSPS) is 11.1. The standard InChI is InChI=1S/C25H23BrCl2N2O2/c1-31-24-11-16(13-29-9-8-17-14-30-23-5-3-2-4-20(17)23)10-21(26)25(24)32-15-18-6-7-19(27)12-22(18)28/h2-7,10-12,14,29-30H,8-9,13,15H2,1H3. The number of H-pyrrole nitrogens is 1. The molecule has 1 aromatic heterocycles. The first-order valence-electron chi connectivity index (χ1n) is 10.2. The first kappa shape index (κ1) is 23.0. The second kappa shape index (κ2) is 10.6. The van der Waals surface area contributed by atoms with E-state index in [1.54, 1.807) is 19.2 Å². The van der Waals surface area contributed by atoms with E-state index in [-0.39, 0.29) is 0 Å². The lowest BCUT2D eigenvalue weighted by molar-refractivity contribution is 0.282. The lowest BCUT2D eigenvalue weighted by Crippen LogP contribution is -2.16. The molecule has 0 aliphatic rings. The molecule has 0 radical (unpaired) electrons. The summed E-state index contributed by atoms with van der Waals surface area (Å²) in [5.74, 6) is 1.30. The summed E-state index contributed by atoms with van der Waals surface area (Å²) in [5.41, 5.74) is 4.45. The minimum atomic E-state index is 0.313. The van der Waals surface area contributed by atoms with Crippen molar-refractivity contribution in [3.8, 4) is 11.5 Å². The first-order chi connectivity index (χ1) is 15.5. The number of fused-ring (bicyclic) bond motifs is 1. The monoisotopic (exact) mass is 532 g/mol. The largest absolute Gasteiger partial charge is 0.493 e. The maximum Gasteiger partial charge on any atom is 0.175 e. The summed E-state index contributed by atoms with van der Waals surface area (Å²) in [6.45, 7) is 1.91. The second-order valence-corrected chi connectivity index (χ2v) is 9.12. The highest BCUT2D eigenvalue weighted by molar-refractivity contribution is 9.10. The molecule has 0 saturated heterocycles. The molecule has 4 rings (SSSR count). The number of benzene rings is 3. The van der Waals surface area contributed by atoms with Gasteiger partial charge in [-0.25, -0.2) is 0 Å².